The first kappa shape index (κ1) is 21.5. The Morgan fingerprint density at radius 2 is 1.54 bits per heavy atom. The summed E-state index contributed by atoms with van der Waals surface area (Å²) in [7, 11) is -3.36. The minimum atomic E-state index is -3.36. The monoisotopic (exact) mass is 410 g/mol. The summed E-state index contributed by atoms with van der Waals surface area (Å²) in [6.07, 6.45) is 5.66. The van der Waals surface area contributed by atoms with Gasteiger partial charge in [0, 0.05) is 44.2 Å². The van der Waals surface area contributed by atoms with Crippen LogP contribution in [0, 0.1) is 5.92 Å². The molecule has 3 heterocycles. The Kier molecular flexibility index (Phi) is 6.61. The lowest BCUT2D eigenvalue weighted by Gasteiger charge is -2.34. The van der Waals surface area contributed by atoms with Gasteiger partial charge in [-0.25, -0.2) is 4.68 Å². The Bertz CT molecular complexity index is 813. The van der Waals surface area contributed by atoms with Crippen molar-refractivity contribution >= 4 is 10.2 Å². The summed E-state index contributed by atoms with van der Waals surface area (Å²) in [5.74, 6) is 0.274. The van der Waals surface area contributed by atoms with Crippen LogP contribution < -0.4 is 5.56 Å². The fraction of sp³-hybridized carbons (Fsp3) is 0.800. The minimum Gasteiger partial charge on any atom is -0.268 e. The maximum absolute atomic E-state index is 13.0. The van der Waals surface area contributed by atoms with Crippen LogP contribution in [0.4, 0.5) is 0 Å². The quantitative estimate of drug-likeness (QED) is 0.764. The van der Waals surface area contributed by atoms with Crippen LogP contribution in [0.25, 0.3) is 0 Å². The Hall–Kier alpha value is -1.25. The van der Waals surface area contributed by atoms with Crippen LogP contribution in [0.2, 0.25) is 0 Å². The van der Waals surface area contributed by atoms with Crippen LogP contribution in [0.1, 0.15) is 65.0 Å². The molecular formula is C20H34N4O3S. The minimum absolute atomic E-state index is 0.0902. The molecule has 158 valence electrons. The molecule has 2 fully saturated rings. The second-order valence-corrected chi connectivity index (χ2v) is 11.1. The van der Waals surface area contributed by atoms with E-state index >= 15 is 0 Å². The van der Waals surface area contributed by atoms with E-state index in [0.717, 1.165) is 44.2 Å². The molecule has 0 N–H and O–H groups in total. The maximum Gasteiger partial charge on any atom is 0.281 e. The highest BCUT2D eigenvalue weighted by Gasteiger charge is 2.33. The molecule has 8 heteroatoms. The molecule has 0 unspecified atom stereocenters. The summed E-state index contributed by atoms with van der Waals surface area (Å²) in [5, 5.41) is 4.55. The maximum atomic E-state index is 13.0. The number of nitrogens with zero attached hydrogens (tertiary/aromatic N) is 4. The first-order valence-corrected chi connectivity index (χ1v) is 11.9. The summed E-state index contributed by atoms with van der Waals surface area (Å²) in [5.41, 5.74) is 0.695. The Morgan fingerprint density at radius 1 is 0.964 bits per heavy atom. The third kappa shape index (κ3) is 5.02. The van der Waals surface area contributed by atoms with E-state index < -0.39 is 10.2 Å². The van der Waals surface area contributed by atoms with Crippen molar-refractivity contribution in [2.75, 3.05) is 26.2 Å². The Balaban J connectivity index is 1.62. The average molecular weight is 411 g/mol. The molecule has 3 rings (SSSR count). The predicted molar refractivity (Wildman–Crippen MR) is 110 cm³/mol. The number of hydrogen-bond acceptors (Lipinski definition) is 4. The van der Waals surface area contributed by atoms with Crippen molar-refractivity contribution in [2.45, 2.75) is 71.3 Å². The molecule has 0 saturated carbocycles. The molecule has 0 aromatic carbocycles. The number of rotatable bonds is 4. The average Bonchev–Trinajstić information content (AvgIpc) is 2.93. The zero-order valence-electron chi connectivity index (χ0n) is 17.4. The molecule has 0 aliphatic carbocycles. The number of piperidine rings is 1. The van der Waals surface area contributed by atoms with E-state index in [1.807, 2.05) is 0 Å². The van der Waals surface area contributed by atoms with Gasteiger partial charge < -0.3 is 0 Å². The second kappa shape index (κ2) is 8.63. The highest BCUT2D eigenvalue weighted by atomic mass is 32.2. The van der Waals surface area contributed by atoms with Gasteiger partial charge >= 0.3 is 0 Å². The SMILES string of the molecule is CC(C)(C)c1ccc(=O)n(CC2CCN(S(=O)(=O)N3CCCCCC3)CC2)n1. The van der Waals surface area contributed by atoms with Gasteiger partial charge in [0.1, 0.15) is 0 Å². The molecule has 0 atom stereocenters. The lowest BCUT2D eigenvalue weighted by molar-refractivity contribution is 0.230. The largest absolute Gasteiger partial charge is 0.281 e. The first-order valence-electron chi connectivity index (χ1n) is 10.5. The van der Waals surface area contributed by atoms with Crippen molar-refractivity contribution in [3.8, 4) is 0 Å². The van der Waals surface area contributed by atoms with E-state index in [1.54, 1.807) is 25.4 Å². The van der Waals surface area contributed by atoms with E-state index in [2.05, 4.69) is 25.9 Å². The van der Waals surface area contributed by atoms with Gasteiger partial charge in [-0.1, -0.05) is 33.6 Å². The molecule has 2 aliphatic heterocycles. The van der Waals surface area contributed by atoms with Gasteiger partial charge in [0.2, 0.25) is 0 Å². The first-order chi connectivity index (χ1) is 13.2. The molecule has 0 bridgehead atoms. The lowest BCUT2D eigenvalue weighted by Crippen LogP contribution is -2.48. The van der Waals surface area contributed by atoms with Gasteiger partial charge in [0.05, 0.1) is 5.69 Å². The van der Waals surface area contributed by atoms with Crippen molar-refractivity contribution in [1.82, 2.24) is 18.4 Å². The zero-order chi connectivity index (χ0) is 20.4. The number of aromatic nitrogens is 2. The van der Waals surface area contributed by atoms with E-state index in [9.17, 15) is 13.2 Å². The molecular weight excluding hydrogens is 376 g/mol. The molecule has 1 aromatic heterocycles. The summed E-state index contributed by atoms with van der Waals surface area (Å²) < 4.78 is 30.8. The van der Waals surface area contributed by atoms with E-state index in [-0.39, 0.29) is 16.9 Å². The fourth-order valence-corrected chi connectivity index (χ4v) is 5.70. The van der Waals surface area contributed by atoms with Crippen molar-refractivity contribution < 1.29 is 8.42 Å². The standard InChI is InChI=1S/C20H34N4O3S/c1-20(2,3)18-8-9-19(25)24(21-18)16-17-10-14-23(15-11-17)28(26,27)22-12-6-4-5-7-13-22/h8-9,17H,4-7,10-16H2,1-3H3. The van der Waals surface area contributed by atoms with Gasteiger partial charge in [-0.15, -0.1) is 0 Å². The summed E-state index contributed by atoms with van der Waals surface area (Å²) in [6, 6.07) is 3.39. The molecule has 28 heavy (non-hydrogen) atoms. The summed E-state index contributed by atoms with van der Waals surface area (Å²) in [6.45, 7) is 9.13. The van der Waals surface area contributed by atoms with Crippen molar-refractivity contribution in [1.29, 1.82) is 0 Å². The smallest absolute Gasteiger partial charge is 0.268 e. The lowest BCUT2D eigenvalue weighted by atomic mass is 9.92. The zero-order valence-corrected chi connectivity index (χ0v) is 18.2. The van der Waals surface area contributed by atoms with Crippen molar-refractivity contribution in [3.05, 3.63) is 28.2 Å². The third-order valence-electron chi connectivity index (χ3n) is 5.86. The van der Waals surface area contributed by atoms with Crippen LogP contribution in [-0.4, -0.2) is 53.0 Å². The molecule has 0 spiro atoms. The van der Waals surface area contributed by atoms with E-state index in [4.69, 9.17) is 0 Å². The molecule has 2 saturated heterocycles. The molecule has 7 nitrogen and oxygen atoms in total. The van der Waals surface area contributed by atoms with Crippen LogP contribution >= 0.6 is 0 Å². The van der Waals surface area contributed by atoms with Crippen LogP contribution in [0.5, 0.6) is 0 Å². The fourth-order valence-electron chi connectivity index (χ4n) is 3.98. The second-order valence-electron chi connectivity index (χ2n) is 9.15. The van der Waals surface area contributed by atoms with E-state index in [0.29, 0.717) is 32.7 Å². The van der Waals surface area contributed by atoms with Gasteiger partial charge in [-0.3, -0.25) is 4.79 Å². The Morgan fingerprint density at radius 3 is 2.11 bits per heavy atom. The molecule has 2 aliphatic rings. The summed E-state index contributed by atoms with van der Waals surface area (Å²) >= 11 is 0. The molecule has 0 amide bonds. The predicted octanol–water partition coefficient (Wildman–Crippen LogP) is 2.37. The van der Waals surface area contributed by atoms with Crippen LogP contribution in [0.3, 0.4) is 0 Å². The molecule has 0 radical (unpaired) electrons. The highest BCUT2D eigenvalue weighted by molar-refractivity contribution is 7.86. The van der Waals surface area contributed by atoms with Gasteiger partial charge in [-0.2, -0.15) is 22.1 Å². The van der Waals surface area contributed by atoms with E-state index in [1.165, 1.54) is 0 Å². The van der Waals surface area contributed by atoms with Gasteiger partial charge in [0.15, 0.2) is 0 Å². The van der Waals surface area contributed by atoms with Gasteiger partial charge in [0.25, 0.3) is 15.8 Å². The summed E-state index contributed by atoms with van der Waals surface area (Å²) in [4.78, 5) is 12.2. The molecule has 1 aromatic rings. The highest BCUT2D eigenvalue weighted by Crippen LogP contribution is 2.24. The topological polar surface area (TPSA) is 75.5 Å². The van der Waals surface area contributed by atoms with Crippen molar-refractivity contribution in [2.24, 2.45) is 5.92 Å². The normalized spacial score (nSPS) is 21.5. The van der Waals surface area contributed by atoms with Crippen molar-refractivity contribution in [3.63, 3.8) is 0 Å². The van der Waals surface area contributed by atoms with Gasteiger partial charge in [-0.05, 0) is 37.7 Å². The van der Waals surface area contributed by atoms with Crippen LogP contribution in [0.15, 0.2) is 16.9 Å². The van der Waals surface area contributed by atoms with Crippen LogP contribution in [-0.2, 0) is 22.2 Å². The Labute approximate surface area is 168 Å². The number of hydrogen-bond donors (Lipinski definition) is 0. The third-order valence-corrected chi connectivity index (χ3v) is 7.89.